The molecule has 5 nitrogen and oxygen atoms in total. The fourth-order valence-electron chi connectivity index (χ4n) is 3.62. The number of rotatable bonds is 7. The van der Waals surface area contributed by atoms with Gasteiger partial charge in [0, 0.05) is 30.6 Å². The zero-order valence-corrected chi connectivity index (χ0v) is 17.6. The number of hydrogen-bond donors (Lipinski definition) is 1. The van der Waals surface area contributed by atoms with Gasteiger partial charge in [-0.3, -0.25) is 9.59 Å². The van der Waals surface area contributed by atoms with E-state index in [1.807, 2.05) is 18.7 Å². The van der Waals surface area contributed by atoms with E-state index in [2.05, 4.69) is 5.32 Å². The number of amides is 2. The molecule has 3 rings (SSSR count). The summed E-state index contributed by atoms with van der Waals surface area (Å²) in [5.41, 5.74) is 1.29. The first-order valence-electron chi connectivity index (χ1n) is 10.5. The molecule has 0 radical (unpaired) electrons. The number of benzene rings is 2. The number of carbonyl (C=O) groups excluding carboxylic acids is 2. The minimum atomic E-state index is -0.321. The lowest BCUT2D eigenvalue weighted by Gasteiger charge is -2.32. The largest absolute Gasteiger partial charge is 0.493 e. The molecule has 1 aliphatic heterocycles. The predicted octanol–water partition coefficient (Wildman–Crippen LogP) is 3.82. The highest BCUT2D eigenvalue weighted by atomic mass is 19.1. The van der Waals surface area contributed by atoms with Crippen LogP contribution in [0.15, 0.2) is 48.5 Å². The molecule has 0 aromatic heterocycles. The highest BCUT2D eigenvalue weighted by Gasteiger charge is 2.24. The van der Waals surface area contributed by atoms with Gasteiger partial charge in [0.2, 0.25) is 5.91 Å². The highest BCUT2D eigenvalue weighted by molar-refractivity contribution is 5.94. The van der Waals surface area contributed by atoms with Crippen LogP contribution >= 0.6 is 0 Å². The summed E-state index contributed by atoms with van der Waals surface area (Å²) < 4.78 is 19.2. The minimum Gasteiger partial charge on any atom is -0.493 e. The van der Waals surface area contributed by atoms with Crippen molar-refractivity contribution in [2.45, 2.75) is 39.2 Å². The molecular weight excluding hydrogens is 383 g/mol. The lowest BCUT2D eigenvalue weighted by molar-refractivity contribution is -0.132. The van der Waals surface area contributed by atoms with Gasteiger partial charge in [0.25, 0.3) is 5.91 Å². The number of nitrogens with zero attached hydrogens (tertiary/aromatic N) is 1. The van der Waals surface area contributed by atoms with Crippen molar-refractivity contribution >= 4 is 11.8 Å². The first kappa shape index (κ1) is 21.8. The lowest BCUT2D eigenvalue weighted by atomic mass is 9.98. The Morgan fingerprint density at radius 2 is 1.97 bits per heavy atom. The monoisotopic (exact) mass is 412 g/mol. The fraction of sp³-hybridized carbons (Fsp3) is 0.417. The van der Waals surface area contributed by atoms with Gasteiger partial charge < -0.3 is 15.0 Å². The molecule has 30 heavy (non-hydrogen) atoms. The molecule has 6 heteroatoms. The van der Waals surface area contributed by atoms with Crippen molar-refractivity contribution in [2.75, 3.05) is 19.7 Å². The van der Waals surface area contributed by atoms with Crippen LogP contribution in [0.25, 0.3) is 0 Å². The minimum absolute atomic E-state index is 0.0193. The van der Waals surface area contributed by atoms with E-state index >= 15 is 0 Å². The molecule has 0 bridgehead atoms. The Balaban J connectivity index is 1.49. The first-order chi connectivity index (χ1) is 14.4. The Bertz CT molecular complexity index is 867. The van der Waals surface area contributed by atoms with E-state index in [4.69, 9.17) is 4.74 Å². The topological polar surface area (TPSA) is 58.6 Å². The van der Waals surface area contributed by atoms with Crippen LogP contribution in [0.4, 0.5) is 4.39 Å². The van der Waals surface area contributed by atoms with Gasteiger partial charge in [-0.05, 0) is 68.7 Å². The molecule has 0 unspecified atom stereocenters. The maximum Gasteiger partial charge on any atom is 0.251 e. The number of nitrogens with one attached hydrogen (secondary N) is 1. The number of halogens is 1. The van der Waals surface area contributed by atoms with Gasteiger partial charge in [0.05, 0.1) is 13.0 Å². The Hall–Kier alpha value is -2.89. The number of likely N-dealkylation sites (tertiary alicyclic amines) is 1. The average molecular weight is 413 g/mol. The van der Waals surface area contributed by atoms with E-state index in [-0.39, 0.29) is 36.0 Å². The molecule has 2 amide bonds. The summed E-state index contributed by atoms with van der Waals surface area (Å²) in [6.45, 7) is 5.73. The maximum absolute atomic E-state index is 13.3. The third-order valence-corrected chi connectivity index (χ3v) is 5.14. The van der Waals surface area contributed by atoms with Crippen LogP contribution in [0.5, 0.6) is 5.75 Å². The number of carbonyl (C=O) groups is 2. The van der Waals surface area contributed by atoms with Crippen molar-refractivity contribution in [1.29, 1.82) is 0 Å². The summed E-state index contributed by atoms with van der Waals surface area (Å²) in [7, 11) is 0. The van der Waals surface area contributed by atoms with Gasteiger partial charge in [-0.2, -0.15) is 0 Å². The summed E-state index contributed by atoms with van der Waals surface area (Å²) in [5, 5.41) is 2.86. The normalized spacial score (nSPS) is 16.4. The molecule has 1 atom stereocenters. The van der Waals surface area contributed by atoms with Crippen molar-refractivity contribution in [3.63, 3.8) is 0 Å². The van der Waals surface area contributed by atoms with Crippen LogP contribution in [-0.4, -0.2) is 42.5 Å². The van der Waals surface area contributed by atoms with Gasteiger partial charge in [0.1, 0.15) is 11.6 Å². The fourth-order valence-corrected chi connectivity index (χ4v) is 3.62. The van der Waals surface area contributed by atoms with Crippen molar-refractivity contribution in [3.8, 4) is 5.75 Å². The van der Waals surface area contributed by atoms with Crippen LogP contribution < -0.4 is 10.1 Å². The van der Waals surface area contributed by atoms with E-state index in [1.165, 1.54) is 12.1 Å². The van der Waals surface area contributed by atoms with Gasteiger partial charge in [-0.25, -0.2) is 4.39 Å². The maximum atomic E-state index is 13.3. The average Bonchev–Trinajstić information content (AvgIpc) is 2.72. The van der Waals surface area contributed by atoms with E-state index in [0.717, 1.165) is 19.4 Å². The molecule has 0 aliphatic carbocycles. The Morgan fingerprint density at radius 3 is 2.67 bits per heavy atom. The van der Waals surface area contributed by atoms with Crippen molar-refractivity contribution < 1.29 is 18.7 Å². The molecule has 2 aromatic carbocycles. The summed E-state index contributed by atoms with van der Waals surface area (Å²) in [5.74, 6) is 0.554. The second-order valence-electron chi connectivity index (χ2n) is 8.12. The zero-order valence-electron chi connectivity index (χ0n) is 17.6. The van der Waals surface area contributed by atoms with E-state index in [1.54, 1.807) is 36.4 Å². The second kappa shape index (κ2) is 10.2. The third-order valence-electron chi connectivity index (χ3n) is 5.14. The first-order valence-corrected chi connectivity index (χ1v) is 10.5. The molecule has 160 valence electrons. The third kappa shape index (κ3) is 6.31. The Kier molecular flexibility index (Phi) is 7.44. The SMILES string of the molecule is CC(C)NC(=O)c1ccc(OC[C@@H]2CCCN(C(=O)Cc3cccc(F)c3)C2)cc1. The molecule has 1 saturated heterocycles. The van der Waals surface area contributed by atoms with Crippen molar-refractivity contribution in [3.05, 3.63) is 65.5 Å². The number of ether oxygens (including phenoxy) is 1. The summed E-state index contributed by atoms with van der Waals surface area (Å²) in [4.78, 5) is 26.5. The van der Waals surface area contributed by atoms with Gasteiger partial charge in [-0.15, -0.1) is 0 Å². The molecular formula is C24H29FN2O3. The zero-order chi connectivity index (χ0) is 21.5. The molecule has 0 saturated carbocycles. The smallest absolute Gasteiger partial charge is 0.251 e. The molecule has 1 fully saturated rings. The summed E-state index contributed by atoms with van der Waals surface area (Å²) in [6.07, 6.45) is 2.14. The number of hydrogen-bond acceptors (Lipinski definition) is 3. The van der Waals surface area contributed by atoms with Gasteiger partial charge in [-0.1, -0.05) is 12.1 Å². The van der Waals surface area contributed by atoms with Gasteiger partial charge in [0.15, 0.2) is 0 Å². The molecule has 1 heterocycles. The summed E-state index contributed by atoms with van der Waals surface area (Å²) >= 11 is 0. The van der Waals surface area contributed by atoms with Gasteiger partial charge >= 0.3 is 0 Å². The highest BCUT2D eigenvalue weighted by Crippen LogP contribution is 2.20. The van der Waals surface area contributed by atoms with Crippen LogP contribution in [0.2, 0.25) is 0 Å². The van der Waals surface area contributed by atoms with Crippen molar-refractivity contribution in [1.82, 2.24) is 10.2 Å². The van der Waals surface area contributed by atoms with Crippen LogP contribution in [0.3, 0.4) is 0 Å². The molecule has 1 N–H and O–H groups in total. The van der Waals surface area contributed by atoms with Crippen LogP contribution in [-0.2, 0) is 11.2 Å². The molecule has 1 aliphatic rings. The number of piperidine rings is 1. The lowest BCUT2D eigenvalue weighted by Crippen LogP contribution is -2.42. The Labute approximate surface area is 177 Å². The van der Waals surface area contributed by atoms with E-state index in [9.17, 15) is 14.0 Å². The molecule has 2 aromatic rings. The van der Waals surface area contributed by atoms with E-state index < -0.39 is 0 Å². The Morgan fingerprint density at radius 1 is 1.20 bits per heavy atom. The molecule has 0 spiro atoms. The quantitative estimate of drug-likeness (QED) is 0.752. The van der Waals surface area contributed by atoms with Crippen LogP contribution in [0.1, 0.15) is 42.6 Å². The van der Waals surface area contributed by atoms with Crippen molar-refractivity contribution in [2.24, 2.45) is 5.92 Å². The summed E-state index contributed by atoms with van der Waals surface area (Å²) in [6, 6.07) is 13.4. The van der Waals surface area contributed by atoms with E-state index in [0.29, 0.717) is 30.0 Å². The van der Waals surface area contributed by atoms with Crippen LogP contribution in [0, 0.1) is 11.7 Å². The predicted molar refractivity (Wildman–Crippen MR) is 114 cm³/mol. The standard InChI is InChI=1S/C24H29FN2O3/c1-17(2)26-24(29)20-8-10-22(11-9-20)30-16-19-6-4-12-27(15-19)23(28)14-18-5-3-7-21(25)13-18/h3,5,7-11,13,17,19H,4,6,12,14-16H2,1-2H3,(H,26,29)/t19-/m1/s1. The second-order valence-corrected chi connectivity index (χ2v) is 8.12.